The van der Waals surface area contributed by atoms with Gasteiger partial charge in [0.15, 0.2) is 11.9 Å². The standard InChI is InChI=1S/C30H39N9O5/c1-2-13-38-25-24(28(42)39(30(38)43)21-8-4-5-9-21)32-29(33-25)34-26(40)20-10-11-23(31-19-20)37(27(41)22-12-18-44-35-22)17-16-36-14-6-3-7-15-36/h10-12,18-19,21,24-25H,2-9,13-17H2,1H3,(H2,32,33,34,40). The Labute approximate surface area is 255 Å². The Morgan fingerprint density at radius 1 is 1.07 bits per heavy atom. The lowest BCUT2D eigenvalue weighted by atomic mass is 10.1. The molecule has 3 aliphatic heterocycles. The average Bonchev–Trinajstić information content (AvgIpc) is 3.83. The Kier molecular flexibility index (Phi) is 8.87. The lowest BCUT2D eigenvalue weighted by Crippen LogP contribution is -2.67. The number of amides is 5. The van der Waals surface area contributed by atoms with Crippen molar-refractivity contribution < 1.29 is 23.7 Å². The summed E-state index contributed by atoms with van der Waals surface area (Å²) in [5, 5.41) is 9.59. The largest absolute Gasteiger partial charge is 0.364 e. The summed E-state index contributed by atoms with van der Waals surface area (Å²) in [5.74, 6) is -0.603. The molecule has 14 nitrogen and oxygen atoms in total. The fourth-order valence-electron chi connectivity index (χ4n) is 6.50. The van der Waals surface area contributed by atoms with Gasteiger partial charge in [-0.2, -0.15) is 0 Å². The Bertz CT molecular complexity index is 1380. The molecule has 0 radical (unpaired) electrons. The van der Waals surface area contributed by atoms with E-state index in [-0.39, 0.29) is 41.1 Å². The summed E-state index contributed by atoms with van der Waals surface area (Å²) in [5.41, 5.74) is 0.425. The normalized spacial score (nSPS) is 22.5. The molecule has 0 aromatic carbocycles. The van der Waals surface area contributed by atoms with Gasteiger partial charge in [-0.15, -0.1) is 0 Å². The highest BCUT2D eigenvalue weighted by atomic mass is 16.5. The number of carbonyl (C=O) groups excluding carboxylic acids is 4. The van der Waals surface area contributed by atoms with Crippen LogP contribution in [-0.4, -0.2) is 106 Å². The van der Waals surface area contributed by atoms with Crippen molar-refractivity contribution in [1.82, 2.24) is 35.5 Å². The highest BCUT2D eigenvalue weighted by Gasteiger charge is 2.51. The number of likely N-dealkylation sites (tertiary alicyclic amines) is 1. The fourth-order valence-corrected chi connectivity index (χ4v) is 6.50. The number of carbonyl (C=O) groups is 4. The molecule has 14 heteroatoms. The molecule has 2 saturated heterocycles. The molecule has 1 aliphatic carbocycles. The molecule has 2 N–H and O–H groups in total. The van der Waals surface area contributed by atoms with E-state index in [1.165, 1.54) is 29.8 Å². The van der Waals surface area contributed by atoms with Crippen molar-refractivity contribution in [3.8, 4) is 0 Å². The molecule has 6 rings (SSSR count). The van der Waals surface area contributed by atoms with Crippen LogP contribution in [0.25, 0.3) is 0 Å². The Morgan fingerprint density at radius 2 is 1.86 bits per heavy atom. The highest BCUT2D eigenvalue weighted by molar-refractivity contribution is 6.10. The summed E-state index contributed by atoms with van der Waals surface area (Å²) in [6, 6.07) is 3.55. The van der Waals surface area contributed by atoms with Crippen LogP contribution in [-0.2, 0) is 4.79 Å². The second kappa shape index (κ2) is 13.1. The van der Waals surface area contributed by atoms with Gasteiger partial charge in [-0.3, -0.25) is 34.4 Å². The molecule has 44 heavy (non-hydrogen) atoms. The average molecular weight is 606 g/mol. The maximum atomic E-state index is 13.4. The zero-order chi connectivity index (χ0) is 30.6. The number of anilines is 1. The number of nitrogens with zero attached hydrogens (tertiary/aromatic N) is 7. The van der Waals surface area contributed by atoms with Crippen molar-refractivity contribution in [2.75, 3.05) is 37.6 Å². The predicted molar refractivity (Wildman–Crippen MR) is 160 cm³/mol. The van der Waals surface area contributed by atoms with Crippen molar-refractivity contribution in [2.45, 2.75) is 76.5 Å². The second-order valence-electron chi connectivity index (χ2n) is 11.7. The molecule has 2 atom stereocenters. The number of aromatic nitrogens is 2. The number of nitrogens with one attached hydrogen (secondary N) is 2. The van der Waals surface area contributed by atoms with E-state index < -0.39 is 18.1 Å². The van der Waals surface area contributed by atoms with Crippen LogP contribution in [0.4, 0.5) is 10.6 Å². The van der Waals surface area contributed by atoms with Crippen LogP contribution < -0.4 is 15.5 Å². The number of fused-ring (bicyclic) bond motifs is 1. The van der Waals surface area contributed by atoms with E-state index in [1.54, 1.807) is 21.9 Å². The summed E-state index contributed by atoms with van der Waals surface area (Å²) < 4.78 is 4.89. The smallest absolute Gasteiger partial charge is 0.328 e. The molecule has 5 amide bonds. The van der Waals surface area contributed by atoms with Gasteiger partial charge in [-0.1, -0.05) is 31.3 Å². The summed E-state index contributed by atoms with van der Waals surface area (Å²) in [6.45, 7) is 5.51. The van der Waals surface area contributed by atoms with Gasteiger partial charge < -0.3 is 14.7 Å². The minimum Gasteiger partial charge on any atom is -0.364 e. The summed E-state index contributed by atoms with van der Waals surface area (Å²) >= 11 is 0. The zero-order valence-corrected chi connectivity index (χ0v) is 25.0. The number of rotatable bonds is 9. The van der Waals surface area contributed by atoms with Gasteiger partial charge >= 0.3 is 6.03 Å². The van der Waals surface area contributed by atoms with E-state index in [4.69, 9.17) is 4.52 Å². The first-order chi connectivity index (χ1) is 21.4. The number of imide groups is 1. The van der Waals surface area contributed by atoms with Gasteiger partial charge in [-0.05, 0) is 57.3 Å². The van der Waals surface area contributed by atoms with Crippen LogP contribution in [0.1, 0.15) is 79.1 Å². The zero-order valence-electron chi connectivity index (χ0n) is 25.0. The summed E-state index contributed by atoms with van der Waals surface area (Å²) in [4.78, 5) is 69.1. The monoisotopic (exact) mass is 605 g/mol. The molecular weight excluding hydrogens is 566 g/mol. The lowest BCUT2D eigenvalue weighted by molar-refractivity contribution is -0.136. The molecule has 2 aromatic rings. The number of piperidine rings is 1. The van der Waals surface area contributed by atoms with E-state index in [9.17, 15) is 19.2 Å². The van der Waals surface area contributed by atoms with Crippen molar-refractivity contribution in [2.24, 2.45) is 4.99 Å². The van der Waals surface area contributed by atoms with Gasteiger partial charge in [0.05, 0.1) is 5.56 Å². The highest BCUT2D eigenvalue weighted by Crippen LogP contribution is 2.31. The first-order valence-electron chi connectivity index (χ1n) is 15.6. The summed E-state index contributed by atoms with van der Waals surface area (Å²) in [7, 11) is 0. The molecule has 0 spiro atoms. The number of pyridine rings is 1. The van der Waals surface area contributed by atoms with E-state index >= 15 is 0 Å². The van der Waals surface area contributed by atoms with Crippen LogP contribution in [0.2, 0.25) is 0 Å². The van der Waals surface area contributed by atoms with Crippen molar-refractivity contribution >= 4 is 35.5 Å². The number of hydrogen-bond acceptors (Lipinski definition) is 10. The fraction of sp³-hybridized carbons (Fsp3) is 0.567. The van der Waals surface area contributed by atoms with Crippen LogP contribution >= 0.6 is 0 Å². The SMILES string of the molecule is CCCN1C(=O)N(C2CCCC2)C(=O)C2NC(NC(=O)c3ccc(N(CCN4CCCCC4)C(=O)c4ccon4)nc3)=NC21. The van der Waals surface area contributed by atoms with Crippen molar-refractivity contribution in [1.29, 1.82) is 0 Å². The predicted octanol–water partition coefficient (Wildman–Crippen LogP) is 2.20. The van der Waals surface area contributed by atoms with Crippen LogP contribution in [0, 0.1) is 0 Å². The van der Waals surface area contributed by atoms with Gasteiger partial charge in [-0.25, -0.2) is 14.8 Å². The molecule has 2 aromatic heterocycles. The quantitative estimate of drug-likeness (QED) is 0.437. The Morgan fingerprint density at radius 3 is 2.55 bits per heavy atom. The first-order valence-corrected chi connectivity index (χ1v) is 15.6. The van der Waals surface area contributed by atoms with Gasteiger partial charge in [0, 0.05) is 37.9 Å². The number of aliphatic imine (C=N–C) groups is 1. The number of urea groups is 1. The minimum atomic E-state index is -0.758. The maximum Gasteiger partial charge on any atom is 0.328 e. The maximum absolute atomic E-state index is 13.4. The lowest BCUT2D eigenvalue weighted by Gasteiger charge is -2.42. The van der Waals surface area contributed by atoms with E-state index in [2.05, 4.69) is 30.7 Å². The molecular formula is C30H39N9O5. The van der Waals surface area contributed by atoms with Crippen LogP contribution in [0.15, 0.2) is 40.2 Å². The van der Waals surface area contributed by atoms with Gasteiger partial charge in [0.25, 0.3) is 17.7 Å². The molecule has 234 valence electrons. The third-order valence-electron chi connectivity index (χ3n) is 8.79. The Balaban J connectivity index is 1.14. The minimum absolute atomic E-state index is 0.101. The number of guanidine groups is 1. The molecule has 5 heterocycles. The molecule has 3 fully saturated rings. The van der Waals surface area contributed by atoms with Gasteiger partial charge in [0.2, 0.25) is 5.96 Å². The number of hydrogen-bond donors (Lipinski definition) is 2. The van der Waals surface area contributed by atoms with Crippen LogP contribution in [0.5, 0.6) is 0 Å². The van der Waals surface area contributed by atoms with E-state index in [0.717, 1.165) is 51.6 Å². The summed E-state index contributed by atoms with van der Waals surface area (Å²) in [6.07, 6.45) is 9.84. The van der Waals surface area contributed by atoms with Crippen LogP contribution in [0.3, 0.4) is 0 Å². The topological polar surface area (TPSA) is 157 Å². The van der Waals surface area contributed by atoms with Crippen molar-refractivity contribution in [3.05, 3.63) is 41.9 Å². The molecule has 0 bridgehead atoms. The van der Waals surface area contributed by atoms with E-state index in [0.29, 0.717) is 31.9 Å². The second-order valence-corrected chi connectivity index (χ2v) is 11.7. The molecule has 1 saturated carbocycles. The first kappa shape index (κ1) is 29.7. The van der Waals surface area contributed by atoms with E-state index in [1.807, 2.05) is 6.92 Å². The van der Waals surface area contributed by atoms with Gasteiger partial charge in [0.1, 0.15) is 18.1 Å². The third kappa shape index (κ3) is 6.03. The Hall–Kier alpha value is -4.33. The molecule has 4 aliphatic rings. The molecule has 2 unspecified atom stereocenters. The van der Waals surface area contributed by atoms with Crippen molar-refractivity contribution in [3.63, 3.8) is 0 Å². The third-order valence-corrected chi connectivity index (χ3v) is 8.79.